The number of fused-ring (bicyclic) bond motifs is 1. The molecular formula is C22H22F3N3O2. The van der Waals surface area contributed by atoms with Crippen molar-refractivity contribution in [1.82, 2.24) is 14.5 Å². The molecule has 0 aliphatic carbocycles. The highest BCUT2D eigenvalue weighted by Crippen LogP contribution is 2.33. The molecule has 0 bridgehead atoms. The highest BCUT2D eigenvalue weighted by Gasteiger charge is 2.38. The Balaban J connectivity index is 1.46. The average Bonchev–Trinajstić information content (AvgIpc) is 3.12. The second kappa shape index (κ2) is 8.38. The number of nitrogens with zero attached hydrogens (tertiary/aromatic N) is 3. The van der Waals surface area contributed by atoms with Crippen LogP contribution < -0.4 is 0 Å². The Morgan fingerprint density at radius 1 is 1.10 bits per heavy atom. The van der Waals surface area contributed by atoms with Crippen molar-refractivity contribution >= 4 is 17.1 Å². The number of para-hydroxylation sites is 2. The first-order valence-electron chi connectivity index (χ1n) is 9.90. The van der Waals surface area contributed by atoms with Gasteiger partial charge in [0, 0.05) is 19.6 Å². The van der Waals surface area contributed by atoms with Gasteiger partial charge in [0.25, 0.3) is 0 Å². The van der Waals surface area contributed by atoms with E-state index in [2.05, 4.69) is 4.98 Å². The third-order valence-electron chi connectivity index (χ3n) is 5.33. The van der Waals surface area contributed by atoms with Crippen molar-refractivity contribution < 1.29 is 22.7 Å². The first kappa shape index (κ1) is 20.3. The number of carbonyl (C=O) groups is 1. The molecule has 1 aliphatic heterocycles. The molecule has 0 spiro atoms. The Labute approximate surface area is 172 Å². The van der Waals surface area contributed by atoms with E-state index in [1.54, 1.807) is 29.2 Å². The molecule has 1 aliphatic rings. The summed E-state index contributed by atoms with van der Waals surface area (Å²) in [7, 11) is 0. The van der Waals surface area contributed by atoms with Crippen molar-refractivity contribution in [3.05, 3.63) is 66.0 Å². The summed E-state index contributed by atoms with van der Waals surface area (Å²) < 4.78 is 47.2. The third-order valence-corrected chi connectivity index (χ3v) is 5.33. The molecule has 30 heavy (non-hydrogen) atoms. The van der Waals surface area contributed by atoms with Crippen LogP contribution >= 0.6 is 0 Å². The maximum Gasteiger partial charge on any atom is 0.449 e. The van der Waals surface area contributed by atoms with Crippen LogP contribution in [0.15, 0.2) is 54.6 Å². The molecule has 3 aromatic rings. The zero-order valence-electron chi connectivity index (χ0n) is 16.3. The number of benzene rings is 2. The van der Waals surface area contributed by atoms with E-state index in [-0.39, 0.29) is 19.1 Å². The monoisotopic (exact) mass is 417 g/mol. The molecule has 0 N–H and O–H groups in total. The molecule has 4 rings (SSSR count). The predicted octanol–water partition coefficient (Wildman–Crippen LogP) is 5.10. The van der Waals surface area contributed by atoms with Crippen LogP contribution in [0.1, 0.15) is 24.2 Å². The van der Waals surface area contributed by atoms with Crippen molar-refractivity contribution in [2.75, 3.05) is 13.1 Å². The Morgan fingerprint density at radius 3 is 2.60 bits per heavy atom. The van der Waals surface area contributed by atoms with E-state index in [0.717, 1.165) is 18.4 Å². The van der Waals surface area contributed by atoms with Gasteiger partial charge in [-0.3, -0.25) is 0 Å². The maximum absolute atomic E-state index is 13.5. The van der Waals surface area contributed by atoms with E-state index in [9.17, 15) is 18.0 Å². The lowest BCUT2D eigenvalue weighted by Gasteiger charge is -2.32. The number of amides is 1. The fourth-order valence-electron chi connectivity index (χ4n) is 3.93. The third kappa shape index (κ3) is 4.42. The molecule has 2 heterocycles. The van der Waals surface area contributed by atoms with Crippen LogP contribution in [-0.4, -0.2) is 33.6 Å². The molecule has 1 saturated heterocycles. The number of halogens is 3. The van der Waals surface area contributed by atoms with Gasteiger partial charge in [0.2, 0.25) is 5.82 Å². The molecule has 1 amide bonds. The Bertz CT molecular complexity index is 1020. The number of ether oxygens (including phenoxy) is 1. The molecular weight excluding hydrogens is 395 g/mol. The van der Waals surface area contributed by atoms with Crippen LogP contribution in [0.25, 0.3) is 11.0 Å². The second-order valence-electron chi connectivity index (χ2n) is 7.53. The summed E-state index contributed by atoms with van der Waals surface area (Å²) in [6, 6.07) is 16.0. The van der Waals surface area contributed by atoms with Crippen molar-refractivity contribution in [1.29, 1.82) is 0 Å². The molecule has 5 nitrogen and oxygen atoms in total. The average molecular weight is 417 g/mol. The minimum Gasteiger partial charge on any atom is -0.445 e. The molecule has 1 fully saturated rings. The summed E-state index contributed by atoms with van der Waals surface area (Å²) in [4.78, 5) is 17.8. The number of hydrogen-bond donors (Lipinski definition) is 0. The molecule has 2 aromatic carbocycles. The van der Waals surface area contributed by atoms with E-state index < -0.39 is 18.1 Å². The van der Waals surface area contributed by atoms with E-state index in [4.69, 9.17) is 4.74 Å². The molecule has 0 unspecified atom stereocenters. The Morgan fingerprint density at radius 2 is 1.83 bits per heavy atom. The normalized spacial score (nSPS) is 17.3. The lowest BCUT2D eigenvalue weighted by molar-refractivity contribution is -0.147. The zero-order valence-corrected chi connectivity index (χ0v) is 16.3. The van der Waals surface area contributed by atoms with E-state index >= 15 is 0 Å². The number of carbonyl (C=O) groups excluding carboxylic acids is 1. The van der Waals surface area contributed by atoms with Crippen LogP contribution in [0.4, 0.5) is 18.0 Å². The van der Waals surface area contributed by atoms with E-state index in [1.807, 2.05) is 30.3 Å². The molecule has 8 heteroatoms. The fraction of sp³-hybridized carbons (Fsp3) is 0.364. The fourth-order valence-corrected chi connectivity index (χ4v) is 3.93. The van der Waals surface area contributed by atoms with Gasteiger partial charge >= 0.3 is 12.3 Å². The van der Waals surface area contributed by atoms with Crippen LogP contribution in [0.5, 0.6) is 0 Å². The lowest BCUT2D eigenvalue weighted by atomic mass is 9.98. The quantitative estimate of drug-likeness (QED) is 0.593. The van der Waals surface area contributed by atoms with Crippen molar-refractivity contribution in [3.8, 4) is 0 Å². The first-order valence-corrected chi connectivity index (χ1v) is 9.90. The molecule has 0 saturated carbocycles. The van der Waals surface area contributed by atoms with E-state index in [0.29, 0.717) is 24.1 Å². The number of imidazole rings is 1. The summed E-state index contributed by atoms with van der Waals surface area (Å²) >= 11 is 0. The minimum absolute atomic E-state index is 0.110. The molecule has 0 radical (unpaired) electrons. The summed E-state index contributed by atoms with van der Waals surface area (Å²) in [5.74, 6) is -1.01. The van der Waals surface area contributed by atoms with Crippen LogP contribution in [0.2, 0.25) is 0 Å². The van der Waals surface area contributed by atoms with Gasteiger partial charge in [-0.1, -0.05) is 42.5 Å². The van der Waals surface area contributed by atoms with Gasteiger partial charge < -0.3 is 14.2 Å². The minimum atomic E-state index is -4.54. The van der Waals surface area contributed by atoms with Crippen LogP contribution in [-0.2, 0) is 24.1 Å². The number of rotatable bonds is 4. The van der Waals surface area contributed by atoms with Crippen molar-refractivity contribution in [2.45, 2.75) is 32.2 Å². The van der Waals surface area contributed by atoms with Gasteiger partial charge in [0.05, 0.1) is 11.0 Å². The Kier molecular flexibility index (Phi) is 5.65. The van der Waals surface area contributed by atoms with Gasteiger partial charge in [0.15, 0.2) is 0 Å². The van der Waals surface area contributed by atoms with E-state index in [1.165, 1.54) is 4.57 Å². The number of aromatic nitrogens is 2. The standard InChI is InChI=1S/C22H22F3N3O2/c23-22(24,25)20-26-18-10-4-5-11-19(18)28(20)14-17-9-6-12-27(13-17)21(29)30-15-16-7-2-1-3-8-16/h1-5,7-8,10-11,17H,6,9,12-15H2/t17-/m1/s1. The number of likely N-dealkylation sites (tertiary alicyclic amines) is 1. The van der Waals surface area contributed by atoms with Gasteiger partial charge in [-0.05, 0) is 36.5 Å². The van der Waals surface area contributed by atoms with Gasteiger partial charge in [-0.15, -0.1) is 0 Å². The maximum atomic E-state index is 13.5. The smallest absolute Gasteiger partial charge is 0.445 e. The van der Waals surface area contributed by atoms with Gasteiger partial charge in [0.1, 0.15) is 6.61 Å². The second-order valence-corrected chi connectivity index (χ2v) is 7.53. The molecule has 1 aromatic heterocycles. The summed E-state index contributed by atoms with van der Waals surface area (Å²) in [5.41, 5.74) is 1.66. The van der Waals surface area contributed by atoms with Crippen molar-refractivity contribution in [2.24, 2.45) is 5.92 Å². The lowest BCUT2D eigenvalue weighted by Crippen LogP contribution is -2.41. The highest BCUT2D eigenvalue weighted by molar-refractivity contribution is 5.76. The zero-order chi connectivity index (χ0) is 21.1. The van der Waals surface area contributed by atoms with Gasteiger partial charge in [-0.2, -0.15) is 13.2 Å². The largest absolute Gasteiger partial charge is 0.449 e. The highest BCUT2D eigenvalue weighted by atomic mass is 19.4. The predicted molar refractivity (Wildman–Crippen MR) is 106 cm³/mol. The van der Waals surface area contributed by atoms with Crippen LogP contribution in [0.3, 0.4) is 0 Å². The first-order chi connectivity index (χ1) is 14.4. The number of hydrogen-bond acceptors (Lipinski definition) is 3. The SMILES string of the molecule is O=C(OCc1ccccc1)N1CCC[C@@H](Cn2c(C(F)(F)F)nc3ccccc32)C1. The summed E-state index contributed by atoms with van der Waals surface area (Å²) in [6.07, 6.45) is -3.51. The van der Waals surface area contributed by atoms with Crippen molar-refractivity contribution in [3.63, 3.8) is 0 Å². The van der Waals surface area contributed by atoms with Gasteiger partial charge in [-0.25, -0.2) is 9.78 Å². The summed E-state index contributed by atoms with van der Waals surface area (Å²) in [6.45, 7) is 1.22. The number of alkyl halides is 3. The molecule has 1 atom stereocenters. The van der Waals surface area contributed by atoms with Crippen LogP contribution in [0, 0.1) is 5.92 Å². The molecule has 158 valence electrons. The number of piperidine rings is 1. The summed E-state index contributed by atoms with van der Waals surface area (Å²) in [5, 5.41) is 0. The topological polar surface area (TPSA) is 47.4 Å². The Hall–Kier alpha value is -3.03.